The summed E-state index contributed by atoms with van der Waals surface area (Å²) in [4.78, 5) is 0. The van der Waals surface area contributed by atoms with E-state index in [1.54, 1.807) is 0 Å². The van der Waals surface area contributed by atoms with E-state index in [1.807, 2.05) is 0 Å². The van der Waals surface area contributed by atoms with Gasteiger partial charge in [-0.25, -0.2) is 0 Å². The molecule has 1 aliphatic rings. The molecule has 0 fully saturated rings. The van der Waals surface area contributed by atoms with Gasteiger partial charge in [-0.05, 0) is 0 Å². The summed E-state index contributed by atoms with van der Waals surface area (Å²) in [5, 5.41) is 0. The van der Waals surface area contributed by atoms with Crippen LogP contribution < -0.4 is 0 Å². The Bertz CT molecular complexity index is 67.7. The summed E-state index contributed by atoms with van der Waals surface area (Å²) in [6.07, 6.45) is 5.83. The molecule has 3 heteroatoms. The molecule has 0 saturated heterocycles. The average molecular weight is 293 g/mol. The van der Waals surface area contributed by atoms with E-state index in [-0.39, 0.29) is 27.3 Å². The molecule has 0 aromatic heterocycles. The molecule has 2 nitrogen and oxygen atoms in total. The van der Waals surface area contributed by atoms with E-state index < -0.39 is 0 Å². The first-order valence-electron chi connectivity index (χ1n) is 1.61. The minimum atomic E-state index is 0. The SMILES string of the molecule is C1=COC=CO1.[PbH2]. The van der Waals surface area contributed by atoms with E-state index in [0.717, 1.165) is 0 Å². The van der Waals surface area contributed by atoms with Gasteiger partial charge < -0.3 is 9.47 Å². The fourth-order valence-corrected chi connectivity index (χ4v) is 0.219. The predicted octanol–water partition coefficient (Wildman–Crippen LogP) is 0.0594. The third-order valence-electron chi connectivity index (χ3n) is 0.425. The van der Waals surface area contributed by atoms with Crippen LogP contribution in [0.4, 0.5) is 0 Å². The molecule has 0 aromatic rings. The second-order valence-corrected chi connectivity index (χ2v) is 0.816. The van der Waals surface area contributed by atoms with Gasteiger partial charge in [0.25, 0.3) is 0 Å². The zero-order valence-electron chi connectivity index (χ0n) is 3.83. The summed E-state index contributed by atoms with van der Waals surface area (Å²) in [5.74, 6) is 0. The molecule has 0 amide bonds. The Labute approximate surface area is 62.0 Å². The van der Waals surface area contributed by atoms with Crippen LogP contribution in [0.5, 0.6) is 0 Å². The molecule has 0 atom stereocenters. The molecule has 0 N–H and O–H groups in total. The summed E-state index contributed by atoms with van der Waals surface area (Å²) in [6.45, 7) is 0. The first kappa shape index (κ1) is 7.00. The molecule has 1 rings (SSSR count). The number of rotatable bonds is 0. The zero-order valence-corrected chi connectivity index (χ0v) is 9.33. The van der Waals surface area contributed by atoms with Crippen molar-refractivity contribution in [3.05, 3.63) is 25.0 Å². The maximum atomic E-state index is 4.58. The molecular formula is C4H6O2Pb. The molecule has 38 valence electrons. The van der Waals surface area contributed by atoms with E-state index in [4.69, 9.17) is 0 Å². The van der Waals surface area contributed by atoms with Crippen molar-refractivity contribution in [3.63, 3.8) is 0 Å². The molecular weight excluding hydrogens is 287 g/mol. The molecule has 0 aliphatic carbocycles. The first-order valence-corrected chi connectivity index (χ1v) is 1.61. The molecule has 0 aromatic carbocycles. The van der Waals surface area contributed by atoms with E-state index >= 15 is 0 Å². The van der Waals surface area contributed by atoms with Gasteiger partial charge in [-0.1, -0.05) is 0 Å². The van der Waals surface area contributed by atoms with Crippen LogP contribution in [0.2, 0.25) is 0 Å². The molecule has 2 radical (unpaired) electrons. The summed E-state index contributed by atoms with van der Waals surface area (Å²) in [5.41, 5.74) is 0. The second kappa shape index (κ2) is 4.17. The summed E-state index contributed by atoms with van der Waals surface area (Å²) >= 11 is 0. The summed E-state index contributed by atoms with van der Waals surface area (Å²) in [7, 11) is 0. The average Bonchev–Trinajstić information content (AvgIpc) is 1.72. The molecule has 1 heterocycles. The molecule has 7 heavy (non-hydrogen) atoms. The van der Waals surface area contributed by atoms with Gasteiger partial charge >= 0.3 is 27.3 Å². The van der Waals surface area contributed by atoms with E-state index in [1.165, 1.54) is 25.0 Å². The molecule has 1 aliphatic heterocycles. The van der Waals surface area contributed by atoms with Gasteiger partial charge in [-0.2, -0.15) is 0 Å². The Morgan fingerprint density at radius 1 is 0.714 bits per heavy atom. The van der Waals surface area contributed by atoms with Crippen LogP contribution in [0, 0.1) is 0 Å². The third kappa shape index (κ3) is 2.67. The fourth-order valence-electron chi connectivity index (χ4n) is 0.219. The van der Waals surface area contributed by atoms with E-state index in [9.17, 15) is 0 Å². The second-order valence-electron chi connectivity index (χ2n) is 0.816. The van der Waals surface area contributed by atoms with Gasteiger partial charge in [-0.15, -0.1) is 0 Å². The van der Waals surface area contributed by atoms with Crippen LogP contribution in [0.1, 0.15) is 0 Å². The summed E-state index contributed by atoms with van der Waals surface area (Å²) in [6, 6.07) is 0. The summed E-state index contributed by atoms with van der Waals surface area (Å²) < 4.78 is 9.17. The number of hydrogen-bond acceptors (Lipinski definition) is 2. The van der Waals surface area contributed by atoms with Crippen molar-refractivity contribution in [2.45, 2.75) is 0 Å². The van der Waals surface area contributed by atoms with Crippen LogP contribution in [-0.4, -0.2) is 27.3 Å². The molecule has 0 unspecified atom stereocenters. The van der Waals surface area contributed by atoms with Gasteiger partial charge in [0.05, 0.1) is 0 Å². The van der Waals surface area contributed by atoms with Crippen LogP contribution in [0.3, 0.4) is 0 Å². The monoisotopic (exact) mass is 294 g/mol. The topological polar surface area (TPSA) is 18.5 Å². The quantitative estimate of drug-likeness (QED) is 0.588. The van der Waals surface area contributed by atoms with Crippen LogP contribution in [-0.2, 0) is 9.47 Å². The van der Waals surface area contributed by atoms with Crippen molar-refractivity contribution in [3.8, 4) is 0 Å². The van der Waals surface area contributed by atoms with Crippen molar-refractivity contribution in [2.75, 3.05) is 0 Å². The number of hydrogen-bond donors (Lipinski definition) is 0. The van der Waals surface area contributed by atoms with Gasteiger partial charge in [-0.3, -0.25) is 0 Å². The van der Waals surface area contributed by atoms with Gasteiger partial charge in [0.15, 0.2) is 0 Å². The van der Waals surface area contributed by atoms with Crippen molar-refractivity contribution in [1.82, 2.24) is 0 Å². The van der Waals surface area contributed by atoms with Crippen molar-refractivity contribution in [1.29, 1.82) is 0 Å². The van der Waals surface area contributed by atoms with Crippen LogP contribution >= 0.6 is 0 Å². The standard InChI is InChI=1S/C4H4O2.Pb.2H/c1-2-6-4-3-5-1;;;/h1-4H;;;. The van der Waals surface area contributed by atoms with Gasteiger partial charge in [0.1, 0.15) is 25.0 Å². The Morgan fingerprint density at radius 2 is 1.00 bits per heavy atom. The Balaban J connectivity index is 0.000000360. The van der Waals surface area contributed by atoms with Crippen molar-refractivity contribution < 1.29 is 9.47 Å². The first-order chi connectivity index (χ1) is 3.00. The molecule has 0 spiro atoms. The van der Waals surface area contributed by atoms with Gasteiger partial charge in [0.2, 0.25) is 0 Å². The predicted molar refractivity (Wildman–Crippen MR) is 29.0 cm³/mol. The zero-order chi connectivity index (χ0) is 4.24. The third-order valence-corrected chi connectivity index (χ3v) is 0.425. The fraction of sp³-hybridized carbons (Fsp3) is 0. The minimum absolute atomic E-state index is 0. The van der Waals surface area contributed by atoms with E-state index in [2.05, 4.69) is 9.47 Å². The van der Waals surface area contributed by atoms with E-state index in [0.29, 0.717) is 0 Å². The Kier molecular flexibility index (Phi) is 4.17. The van der Waals surface area contributed by atoms with Gasteiger partial charge in [0, 0.05) is 0 Å². The number of ether oxygens (including phenoxy) is 2. The molecule has 0 bridgehead atoms. The normalized spacial score (nSPS) is 13.7. The van der Waals surface area contributed by atoms with Crippen LogP contribution in [0.25, 0.3) is 0 Å². The van der Waals surface area contributed by atoms with Crippen molar-refractivity contribution >= 4 is 27.3 Å². The Morgan fingerprint density at radius 3 is 1.14 bits per heavy atom. The Hall–Kier alpha value is 0.00208. The van der Waals surface area contributed by atoms with Crippen LogP contribution in [0.15, 0.2) is 25.0 Å². The maximum absolute atomic E-state index is 4.58. The molecule has 0 saturated carbocycles. The van der Waals surface area contributed by atoms with Crippen molar-refractivity contribution in [2.24, 2.45) is 0 Å².